The predicted molar refractivity (Wildman–Crippen MR) is 102 cm³/mol. The first-order valence-corrected chi connectivity index (χ1v) is 9.20. The summed E-state index contributed by atoms with van der Waals surface area (Å²) in [5.41, 5.74) is 3.08. The summed E-state index contributed by atoms with van der Waals surface area (Å²) in [6, 6.07) is 3.57. The molecule has 1 amide bonds. The van der Waals surface area contributed by atoms with E-state index in [1.807, 2.05) is 6.92 Å². The van der Waals surface area contributed by atoms with Crippen LogP contribution in [-0.4, -0.2) is 45.2 Å². The minimum atomic E-state index is -0.144. The minimum absolute atomic E-state index is 0.144. The van der Waals surface area contributed by atoms with Gasteiger partial charge in [-0.2, -0.15) is 5.10 Å². The van der Waals surface area contributed by atoms with Gasteiger partial charge in [-0.1, -0.05) is 23.2 Å². The Bertz CT molecular complexity index is 934. The number of carbonyl (C=O) groups excluding carboxylic acids is 1. The molecule has 0 atom stereocenters. The zero-order valence-corrected chi connectivity index (χ0v) is 15.6. The van der Waals surface area contributed by atoms with Crippen LogP contribution >= 0.6 is 23.2 Å². The number of nitrogens with zero attached hydrogens (tertiary/aromatic N) is 2. The second-order valence-electron chi connectivity index (χ2n) is 6.44. The molecule has 1 saturated heterocycles. The number of nitrogens with one attached hydrogen (secondary N) is 4. The normalized spacial score (nSPS) is 15.5. The third-order valence-electron chi connectivity index (χ3n) is 4.60. The van der Waals surface area contributed by atoms with Gasteiger partial charge in [-0.3, -0.25) is 9.89 Å². The third kappa shape index (κ3) is 3.18. The lowest BCUT2D eigenvalue weighted by atomic mass is 10.1. The largest absolute Gasteiger partial charge is 0.349 e. The van der Waals surface area contributed by atoms with Crippen LogP contribution in [0.4, 0.5) is 0 Å². The van der Waals surface area contributed by atoms with Crippen LogP contribution in [0.1, 0.15) is 28.9 Å². The fraction of sp³-hybridized carbons (Fsp3) is 0.353. The number of imidazole rings is 1. The van der Waals surface area contributed by atoms with Crippen molar-refractivity contribution in [3.8, 4) is 11.5 Å². The van der Waals surface area contributed by atoms with E-state index in [0.29, 0.717) is 38.3 Å². The number of carbonyl (C=O) groups is 1. The van der Waals surface area contributed by atoms with Gasteiger partial charge < -0.3 is 15.6 Å². The van der Waals surface area contributed by atoms with Crippen molar-refractivity contribution in [2.75, 3.05) is 13.1 Å². The van der Waals surface area contributed by atoms with Crippen molar-refractivity contribution >= 4 is 40.1 Å². The van der Waals surface area contributed by atoms with E-state index in [1.165, 1.54) is 0 Å². The maximum atomic E-state index is 12.8. The number of rotatable bonds is 3. The second-order valence-corrected chi connectivity index (χ2v) is 7.25. The lowest BCUT2D eigenvalue weighted by Gasteiger charge is -2.23. The number of fused-ring (bicyclic) bond motifs is 1. The Morgan fingerprint density at radius 1 is 1.23 bits per heavy atom. The molecular weight excluding hydrogens is 375 g/mol. The summed E-state index contributed by atoms with van der Waals surface area (Å²) in [7, 11) is 0. The molecule has 1 aliphatic rings. The number of benzene rings is 1. The molecular formula is C17H18Cl2N6O. The standard InChI is InChI=1S/C17H18Cl2N6O/c1-8-14(17(26)21-9-2-4-20-5-3-9)15(25-24-8)16-22-12-6-10(18)11(19)7-13(12)23-16/h6-7,9,20H,2-5H2,1H3,(H,21,26)(H,22,23)(H,24,25). The van der Waals surface area contributed by atoms with E-state index >= 15 is 0 Å². The Morgan fingerprint density at radius 3 is 2.73 bits per heavy atom. The summed E-state index contributed by atoms with van der Waals surface area (Å²) in [6.07, 6.45) is 1.83. The van der Waals surface area contributed by atoms with Gasteiger partial charge in [0.1, 0.15) is 5.69 Å². The molecule has 1 fully saturated rings. The average molecular weight is 393 g/mol. The summed E-state index contributed by atoms with van der Waals surface area (Å²) < 4.78 is 0. The number of piperidine rings is 1. The molecule has 0 radical (unpaired) electrons. The van der Waals surface area contributed by atoms with E-state index < -0.39 is 0 Å². The van der Waals surface area contributed by atoms with Gasteiger partial charge in [0.15, 0.2) is 5.82 Å². The third-order valence-corrected chi connectivity index (χ3v) is 5.32. The molecule has 3 aromatic rings. The molecule has 7 nitrogen and oxygen atoms in total. The molecule has 0 bridgehead atoms. The first kappa shape index (κ1) is 17.3. The number of hydrogen-bond donors (Lipinski definition) is 4. The second kappa shape index (κ2) is 6.90. The van der Waals surface area contributed by atoms with Crippen LogP contribution in [0.25, 0.3) is 22.6 Å². The van der Waals surface area contributed by atoms with Crippen molar-refractivity contribution in [2.45, 2.75) is 25.8 Å². The van der Waals surface area contributed by atoms with Crippen molar-refractivity contribution in [1.29, 1.82) is 0 Å². The van der Waals surface area contributed by atoms with Crippen molar-refractivity contribution in [1.82, 2.24) is 30.8 Å². The molecule has 1 aliphatic heterocycles. The molecule has 9 heteroatoms. The molecule has 1 aromatic carbocycles. The zero-order chi connectivity index (χ0) is 18.3. The van der Waals surface area contributed by atoms with Crippen LogP contribution in [0.3, 0.4) is 0 Å². The Kier molecular flexibility index (Phi) is 4.60. The first-order valence-electron chi connectivity index (χ1n) is 8.44. The zero-order valence-electron chi connectivity index (χ0n) is 14.1. The lowest BCUT2D eigenvalue weighted by molar-refractivity contribution is 0.0929. The fourth-order valence-electron chi connectivity index (χ4n) is 3.22. The quantitative estimate of drug-likeness (QED) is 0.550. The summed E-state index contributed by atoms with van der Waals surface area (Å²) in [4.78, 5) is 20.5. The van der Waals surface area contributed by atoms with E-state index in [0.717, 1.165) is 31.4 Å². The van der Waals surface area contributed by atoms with E-state index in [-0.39, 0.29) is 11.9 Å². The number of aryl methyl sites for hydroxylation is 1. The highest BCUT2D eigenvalue weighted by atomic mass is 35.5. The molecule has 4 N–H and O–H groups in total. The first-order chi connectivity index (χ1) is 12.5. The molecule has 4 rings (SSSR count). The van der Waals surface area contributed by atoms with Crippen LogP contribution in [0.2, 0.25) is 10.0 Å². The van der Waals surface area contributed by atoms with Crippen LogP contribution < -0.4 is 10.6 Å². The molecule has 26 heavy (non-hydrogen) atoms. The summed E-state index contributed by atoms with van der Waals surface area (Å²) >= 11 is 12.1. The fourth-order valence-corrected chi connectivity index (χ4v) is 3.54. The molecule has 136 valence electrons. The van der Waals surface area contributed by atoms with Crippen molar-refractivity contribution in [3.63, 3.8) is 0 Å². The van der Waals surface area contributed by atoms with Crippen LogP contribution in [0, 0.1) is 6.92 Å². The summed E-state index contributed by atoms with van der Waals surface area (Å²) in [5, 5.41) is 14.4. The van der Waals surface area contributed by atoms with Gasteiger partial charge in [-0.05, 0) is 45.0 Å². The van der Waals surface area contributed by atoms with Gasteiger partial charge in [-0.15, -0.1) is 0 Å². The highest BCUT2D eigenvalue weighted by molar-refractivity contribution is 6.42. The SMILES string of the molecule is Cc1[nH]nc(-c2nc3cc(Cl)c(Cl)cc3[nH]2)c1C(=O)NC1CCNCC1. The Hall–Kier alpha value is -2.09. The maximum absolute atomic E-state index is 12.8. The number of hydrogen-bond acceptors (Lipinski definition) is 4. The maximum Gasteiger partial charge on any atom is 0.255 e. The molecule has 0 saturated carbocycles. The molecule has 0 aliphatic carbocycles. The number of H-pyrrole nitrogens is 2. The van der Waals surface area contributed by atoms with Crippen LogP contribution in [-0.2, 0) is 0 Å². The predicted octanol–water partition coefficient (Wildman–Crippen LogP) is 3.05. The van der Waals surface area contributed by atoms with Gasteiger partial charge in [0, 0.05) is 11.7 Å². The Labute approximate surface area is 159 Å². The number of aromatic amines is 2. The van der Waals surface area contributed by atoms with Gasteiger partial charge in [0.05, 0.1) is 26.6 Å². The summed E-state index contributed by atoms with van der Waals surface area (Å²) in [5.74, 6) is 0.354. The van der Waals surface area contributed by atoms with Crippen LogP contribution in [0.5, 0.6) is 0 Å². The highest BCUT2D eigenvalue weighted by Crippen LogP contribution is 2.29. The van der Waals surface area contributed by atoms with E-state index in [1.54, 1.807) is 12.1 Å². The molecule has 0 spiro atoms. The van der Waals surface area contributed by atoms with Gasteiger partial charge >= 0.3 is 0 Å². The number of amides is 1. The van der Waals surface area contributed by atoms with Gasteiger partial charge in [-0.25, -0.2) is 4.98 Å². The molecule has 2 aromatic heterocycles. The van der Waals surface area contributed by atoms with E-state index in [2.05, 4.69) is 30.8 Å². The minimum Gasteiger partial charge on any atom is -0.349 e. The number of aromatic nitrogens is 4. The summed E-state index contributed by atoms with van der Waals surface area (Å²) in [6.45, 7) is 3.64. The topological polar surface area (TPSA) is 98.5 Å². The number of halogens is 2. The molecule has 3 heterocycles. The molecule has 0 unspecified atom stereocenters. The lowest BCUT2D eigenvalue weighted by Crippen LogP contribution is -2.42. The van der Waals surface area contributed by atoms with Crippen molar-refractivity contribution in [3.05, 3.63) is 33.4 Å². The smallest absolute Gasteiger partial charge is 0.255 e. The Morgan fingerprint density at radius 2 is 1.96 bits per heavy atom. The van der Waals surface area contributed by atoms with Gasteiger partial charge in [0.2, 0.25) is 0 Å². The van der Waals surface area contributed by atoms with E-state index in [9.17, 15) is 4.79 Å². The average Bonchev–Trinajstić information content (AvgIpc) is 3.19. The Balaban J connectivity index is 1.68. The van der Waals surface area contributed by atoms with Gasteiger partial charge in [0.25, 0.3) is 5.91 Å². The van der Waals surface area contributed by atoms with Crippen LogP contribution in [0.15, 0.2) is 12.1 Å². The van der Waals surface area contributed by atoms with E-state index in [4.69, 9.17) is 23.2 Å². The van der Waals surface area contributed by atoms with Crippen molar-refractivity contribution in [2.24, 2.45) is 0 Å². The monoisotopic (exact) mass is 392 g/mol. The highest BCUT2D eigenvalue weighted by Gasteiger charge is 2.24. The van der Waals surface area contributed by atoms with Crippen molar-refractivity contribution < 1.29 is 4.79 Å².